The predicted octanol–water partition coefficient (Wildman–Crippen LogP) is 5.10. The Hall–Kier alpha value is -3.30. The van der Waals surface area contributed by atoms with Gasteiger partial charge in [0.15, 0.2) is 9.84 Å². The van der Waals surface area contributed by atoms with Gasteiger partial charge in [-0.1, -0.05) is 24.3 Å². The van der Waals surface area contributed by atoms with E-state index in [9.17, 15) is 22.0 Å². The van der Waals surface area contributed by atoms with Crippen molar-refractivity contribution < 1.29 is 26.7 Å². The molecule has 1 amide bonds. The van der Waals surface area contributed by atoms with Gasteiger partial charge in [0.2, 0.25) is 0 Å². The Morgan fingerprint density at radius 3 is 2.24 bits per heavy atom. The maximum Gasteiger partial charge on any atom is 0.254 e. The van der Waals surface area contributed by atoms with Crippen LogP contribution >= 0.6 is 0 Å². The molecule has 0 N–H and O–H groups in total. The molecule has 0 aliphatic carbocycles. The summed E-state index contributed by atoms with van der Waals surface area (Å²) in [5.41, 5.74) is 2.57. The first-order chi connectivity index (χ1) is 17.6. The summed E-state index contributed by atoms with van der Waals surface area (Å²) in [5, 5.41) is 0. The van der Waals surface area contributed by atoms with Gasteiger partial charge in [0.05, 0.1) is 16.7 Å². The summed E-state index contributed by atoms with van der Waals surface area (Å²) in [6.07, 6.45) is 0.878. The Morgan fingerprint density at radius 1 is 0.973 bits per heavy atom. The van der Waals surface area contributed by atoms with E-state index >= 15 is 0 Å². The van der Waals surface area contributed by atoms with Gasteiger partial charge in [-0.2, -0.15) is 0 Å². The zero-order valence-electron chi connectivity index (χ0n) is 21.1. The lowest BCUT2D eigenvalue weighted by molar-refractivity contribution is 0.0745. The third-order valence-electron chi connectivity index (χ3n) is 6.57. The summed E-state index contributed by atoms with van der Waals surface area (Å²) in [5.74, 6) is -1.08. The van der Waals surface area contributed by atoms with Gasteiger partial charge in [-0.05, 0) is 66.9 Å². The van der Waals surface area contributed by atoms with Gasteiger partial charge >= 0.3 is 0 Å². The van der Waals surface area contributed by atoms with E-state index in [0.29, 0.717) is 49.6 Å². The van der Waals surface area contributed by atoms with E-state index in [4.69, 9.17) is 4.74 Å². The van der Waals surface area contributed by atoms with Crippen molar-refractivity contribution in [3.63, 3.8) is 0 Å². The van der Waals surface area contributed by atoms with Crippen LogP contribution < -0.4 is 4.90 Å². The first kappa shape index (κ1) is 26.8. The van der Waals surface area contributed by atoms with Crippen LogP contribution in [-0.4, -0.2) is 58.3 Å². The van der Waals surface area contributed by atoms with Crippen LogP contribution in [0.3, 0.4) is 0 Å². The molecule has 0 saturated carbocycles. The van der Waals surface area contributed by atoms with Crippen molar-refractivity contribution in [2.24, 2.45) is 0 Å². The van der Waals surface area contributed by atoms with E-state index in [0.717, 1.165) is 11.8 Å². The number of hydrogen-bond acceptors (Lipinski definition) is 5. The molecule has 3 aromatic rings. The largest absolute Gasteiger partial charge is 0.374 e. The van der Waals surface area contributed by atoms with Gasteiger partial charge in [-0.3, -0.25) is 4.79 Å². The third kappa shape index (κ3) is 5.99. The molecule has 196 valence electrons. The highest BCUT2D eigenvalue weighted by molar-refractivity contribution is 7.90. The molecule has 1 aliphatic heterocycles. The maximum absolute atomic E-state index is 14.9. The molecule has 1 saturated heterocycles. The predicted molar refractivity (Wildman–Crippen MR) is 140 cm³/mol. The van der Waals surface area contributed by atoms with Crippen LogP contribution in [0.5, 0.6) is 0 Å². The fraction of sp³-hybridized carbons (Fsp3) is 0.321. The summed E-state index contributed by atoms with van der Waals surface area (Å²) in [6, 6.07) is 15.2. The minimum atomic E-state index is -3.55. The number of hydrogen-bond donors (Lipinski definition) is 0. The summed E-state index contributed by atoms with van der Waals surface area (Å²) < 4.78 is 58.3. The molecule has 3 aromatic carbocycles. The monoisotopic (exact) mass is 528 g/mol. The lowest BCUT2D eigenvalue weighted by Crippen LogP contribution is -2.49. The van der Waals surface area contributed by atoms with E-state index in [-0.39, 0.29) is 28.3 Å². The lowest BCUT2D eigenvalue weighted by Gasteiger charge is -2.36. The first-order valence-electron chi connectivity index (χ1n) is 12.1. The highest BCUT2D eigenvalue weighted by Gasteiger charge is 2.27. The van der Waals surface area contributed by atoms with E-state index in [2.05, 4.69) is 0 Å². The molecule has 0 aromatic heterocycles. The van der Waals surface area contributed by atoms with Crippen molar-refractivity contribution in [2.45, 2.75) is 24.8 Å². The summed E-state index contributed by atoms with van der Waals surface area (Å²) in [4.78, 5) is 17.1. The molecule has 4 rings (SSSR count). The van der Waals surface area contributed by atoms with Gasteiger partial charge in [0.1, 0.15) is 11.6 Å². The molecule has 1 unspecified atom stereocenters. The first-order valence-corrected chi connectivity index (χ1v) is 14.0. The number of carbonyl (C=O) groups excluding carboxylic acids is 1. The van der Waals surface area contributed by atoms with E-state index < -0.39 is 15.7 Å². The quantitative estimate of drug-likeness (QED) is 0.427. The van der Waals surface area contributed by atoms with Gasteiger partial charge in [0, 0.05) is 44.6 Å². The Morgan fingerprint density at radius 2 is 1.65 bits per heavy atom. The second-order valence-corrected chi connectivity index (χ2v) is 11.1. The van der Waals surface area contributed by atoms with Crippen LogP contribution in [0.1, 0.15) is 35.9 Å². The van der Waals surface area contributed by atoms with Crippen molar-refractivity contribution in [3.8, 4) is 11.1 Å². The number of carbonyl (C=O) groups is 1. The zero-order chi connectivity index (χ0) is 26.7. The zero-order valence-corrected chi connectivity index (χ0v) is 21.9. The Bertz CT molecular complexity index is 1390. The van der Waals surface area contributed by atoms with Gasteiger partial charge < -0.3 is 14.5 Å². The highest BCUT2D eigenvalue weighted by atomic mass is 32.2. The Labute approximate surface area is 216 Å². The topological polar surface area (TPSA) is 66.9 Å². The van der Waals surface area contributed by atoms with Gasteiger partial charge in [-0.15, -0.1) is 0 Å². The molecule has 6 nitrogen and oxygen atoms in total. The molecular weight excluding hydrogens is 498 g/mol. The Kier molecular flexibility index (Phi) is 7.94. The minimum Gasteiger partial charge on any atom is -0.374 e. The van der Waals surface area contributed by atoms with Gasteiger partial charge in [-0.25, -0.2) is 17.2 Å². The number of sulfone groups is 1. The molecule has 1 fully saturated rings. The van der Waals surface area contributed by atoms with Crippen LogP contribution in [-0.2, 0) is 14.6 Å². The smallest absolute Gasteiger partial charge is 0.254 e. The number of benzene rings is 3. The standard InChI is InChI=1S/C28H30F2N2O4S/c1-4-36-19(2)21-7-12-27(26(30)17-21)31-13-15-32(16-14-31)28(33)25-18-23(37(3,34)35)10-11-24(25)20-5-8-22(29)9-6-20/h5-12,17-19H,4,13-16H2,1-3H3. The van der Waals surface area contributed by atoms with E-state index in [1.807, 2.05) is 24.8 Å². The summed E-state index contributed by atoms with van der Waals surface area (Å²) >= 11 is 0. The molecule has 37 heavy (non-hydrogen) atoms. The van der Waals surface area contributed by atoms with Crippen molar-refractivity contribution in [3.05, 3.63) is 83.4 Å². The van der Waals surface area contributed by atoms with Crippen LogP contribution in [0, 0.1) is 11.6 Å². The summed E-state index contributed by atoms with van der Waals surface area (Å²) in [7, 11) is -3.55. The van der Waals surface area contributed by atoms with Crippen LogP contribution in [0.25, 0.3) is 11.1 Å². The molecule has 0 radical (unpaired) electrons. The Balaban J connectivity index is 1.56. The molecule has 1 atom stereocenters. The molecule has 0 bridgehead atoms. The number of ether oxygens (including phenoxy) is 1. The van der Waals surface area contributed by atoms with Crippen LogP contribution in [0.15, 0.2) is 65.6 Å². The highest BCUT2D eigenvalue weighted by Crippen LogP contribution is 2.30. The fourth-order valence-corrected chi connectivity index (χ4v) is 5.16. The SMILES string of the molecule is CCOC(C)c1ccc(N2CCN(C(=O)c3cc(S(C)(=O)=O)ccc3-c3ccc(F)cc3)CC2)c(F)c1. The molecule has 0 spiro atoms. The number of amides is 1. The normalized spacial score (nSPS) is 15.1. The lowest BCUT2D eigenvalue weighted by atomic mass is 9.98. The molecule has 9 heteroatoms. The maximum atomic E-state index is 14.9. The van der Waals surface area contributed by atoms with E-state index in [1.54, 1.807) is 29.2 Å². The fourth-order valence-electron chi connectivity index (χ4n) is 4.51. The van der Waals surface area contributed by atoms with Crippen molar-refractivity contribution >= 4 is 21.4 Å². The summed E-state index contributed by atoms with van der Waals surface area (Å²) in [6.45, 7) is 5.81. The van der Waals surface area contributed by atoms with Crippen molar-refractivity contribution in [2.75, 3.05) is 43.9 Å². The van der Waals surface area contributed by atoms with Crippen molar-refractivity contribution in [1.29, 1.82) is 0 Å². The molecular formula is C28H30F2N2O4S. The number of piperazine rings is 1. The molecule has 1 aliphatic rings. The van der Waals surface area contributed by atoms with Gasteiger partial charge in [0.25, 0.3) is 5.91 Å². The number of rotatable bonds is 7. The van der Waals surface area contributed by atoms with E-state index in [1.165, 1.54) is 30.3 Å². The third-order valence-corrected chi connectivity index (χ3v) is 7.68. The average Bonchev–Trinajstić information content (AvgIpc) is 2.88. The van der Waals surface area contributed by atoms with Crippen LogP contribution in [0.4, 0.5) is 14.5 Å². The minimum absolute atomic E-state index is 0.0313. The number of anilines is 1. The van der Waals surface area contributed by atoms with Crippen molar-refractivity contribution in [1.82, 2.24) is 4.90 Å². The molecule has 1 heterocycles. The average molecular weight is 529 g/mol. The van der Waals surface area contributed by atoms with Crippen LogP contribution in [0.2, 0.25) is 0 Å². The second kappa shape index (κ2) is 11.0. The second-order valence-electron chi connectivity index (χ2n) is 9.07. The number of halogens is 2. The number of nitrogens with zero attached hydrogens (tertiary/aromatic N) is 2.